The topological polar surface area (TPSA) is 104 Å². The summed E-state index contributed by atoms with van der Waals surface area (Å²) >= 11 is 0. The first kappa shape index (κ1) is 28.0. The maximum Gasteiger partial charge on any atom is 0.408 e. The van der Waals surface area contributed by atoms with Crippen LogP contribution in [-0.4, -0.2) is 47.1 Å². The second-order valence-electron chi connectivity index (χ2n) is 11.4. The van der Waals surface area contributed by atoms with Crippen LogP contribution in [0.4, 0.5) is 10.5 Å². The third kappa shape index (κ3) is 6.77. The molecule has 0 radical (unpaired) electrons. The van der Waals surface area contributed by atoms with E-state index in [0.717, 1.165) is 39.7 Å². The van der Waals surface area contributed by atoms with E-state index >= 15 is 0 Å². The van der Waals surface area contributed by atoms with Crippen molar-refractivity contribution in [3.8, 4) is 0 Å². The van der Waals surface area contributed by atoms with Gasteiger partial charge in [0.05, 0.1) is 0 Å². The number of H-pyrrole nitrogens is 1. The predicted octanol–water partition coefficient (Wildman–Crippen LogP) is 4.92. The number of anilines is 1. The molecule has 0 aliphatic carbocycles. The Morgan fingerprint density at radius 1 is 0.878 bits per heavy atom. The van der Waals surface area contributed by atoms with Gasteiger partial charge in [0.15, 0.2) is 0 Å². The number of ether oxygens (including phenoxy) is 1. The number of nitrogens with one attached hydrogen (secondary N) is 3. The number of amides is 3. The Balaban J connectivity index is 1.42. The fraction of sp³-hybridized carbons (Fsp3) is 0.303. The number of carbonyl (C=O) groups is 3. The summed E-state index contributed by atoms with van der Waals surface area (Å²) in [5.41, 5.74) is 3.97. The number of para-hydroxylation sites is 2. The summed E-state index contributed by atoms with van der Waals surface area (Å²) in [6.07, 6.45) is 2.44. The van der Waals surface area contributed by atoms with Crippen molar-refractivity contribution in [2.24, 2.45) is 0 Å². The highest BCUT2D eigenvalue weighted by atomic mass is 16.6. The first-order chi connectivity index (χ1) is 19.7. The number of benzene rings is 3. The minimum absolute atomic E-state index is 0.185. The number of aromatic nitrogens is 1. The van der Waals surface area contributed by atoms with Crippen molar-refractivity contribution in [3.05, 3.63) is 102 Å². The Hall–Kier alpha value is -4.59. The second-order valence-corrected chi connectivity index (χ2v) is 11.4. The van der Waals surface area contributed by atoms with Gasteiger partial charge in [-0.2, -0.15) is 0 Å². The Bertz CT molecular complexity index is 1540. The third-order valence-corrected chi connectivity index (χ3v) is 7.16. The first-order valence-corrected chi connectivity index (χ1v) is 14.0. The van der Waals surface area contributed by atoms with Crippen LogP contribution in [0.1, 0.15) is 37.5 Å². The van der Waals surface area contributed by atoms with E-state index in [1.54, 1.807) is 25.7 Å². The molecule has 0 bridgehead atoms. The van der Waals surface area contributed by atoms with Crippen LogP contribution in [0.5, 0.6) is 0 Å². The molecule has 3 N–H and O–H groups in total. The molecule has 41 heavy (non-hydrogen) atoms. The van der Waals surface area contributed by atoms with Crippen LogP contribution < -0.4 is 15.5 Å². The van der Waals surface area contributed by atoms with Gasteiger partial charge in [0.25, 0.3) is 0 Å². The largest absolute Gasteiger partial charge is 0.444 e. The van der Waals surface area contributed by atoms with Gasteiger partial charge in [-0.15, -0.1) is 0 Å². The molecule has 3 aromatic carbocycles. The zero-order valence-electron chi connectivity index (χ0n) is 23.6. The van der Waals surface area contributed by atoms with Crippen molar-refractivity contribution in [1.82, 2.24) is 15.6 Å². The van der Waals surface area contributed by atoms with Gasteiger partial charge in [0.2, 0.25) is 11.8 Å². The van der Waals surface area contributed by atoms with E-state index in [9.17, 15) is 14.4 Å². The van der Waals surface area contributed by atoms with Crippen LogP contribution in [0, 0.1) is 0 Å². The Labute approximate surface area is 240 Å². The number of aromatic amines is 1. The van der Waals surface area contributed by atoms with Crippen molar-refractivity contribution >= 4 is 34.5 Å². The molecule has 1 aromatic heterocycles. The van der Waals surface area contributed by atoms with Gasteiger partial charge in [-0.3, -0.25) is 9.59 Å². The number of fused-ring (bicyclic) bond motifs is 2. The van der Waals surface area contributed by atoms with Gasteiger partial charge < -0.3 is 25.3 Å². The molecule has 8 nitrogen and oxygen atoms in total. The molecular weight excluding hydrogens is 516 g/mol. The van der Waals surface area contributed by atoms with Crippen LogP contribution in [0.3, 0.4) is 0 Å². The quantitative estimate of drug-likeness (QED) is 0.289. The Morgan fingerprint density at radius 3 is 2.37 bits per heavy atom. The number of alkyl carbamates (subject to hydrolysis) is 1. The summed E-state index contributed by atoms with van der Waals surface area (Å²) in [5.74, 6) is -0.641. The second kappa shape index (κ2) is 11.9. The summed E-state index contributed by atoms with van der Waals surface area (Å²) < 4.78 is 5.48. The lowest BCUT2D eigenvalue weighted by molar-refractivity contribution is -0.128. The van der Waals surface area contributed by atoms with E-state index in [2.05, 4.69) is 15.6 Å². The van der Waals surface area contributed by atoms with Gasteiger partial charge in [-0.1, -0.05) is 66.7 Å². The molecule has 1 aliphatic heterocycles. The maximum atomic E-state index is 14.0. The average Bonchev–Trinajstić information content (AvgIpc) is 3.56. The van der Waals surface area contributed by atoms with E-state index in [-0.39, 0.29) is 12.3 Å². The molecule has 0 saturated carbocycles. The van der Waals surface area contributed by atoms with Crippen molar-refractivity contribution in [1.29, 1.82) is 0 Å². The fourth-order valence-electron chi connectivity index (χ4n) is 5.26. The van der Waals surface area contributed by atoms with E-state index in [1.807, 2.05) is 85.1 Å². The van der Waals surface area contributed by atoms with Crippen molar-refractivity contribution in [3.63, 3.8) is 0 Å². The molecule has 0 spiro atoms. The molecule has 0 saturated heterocycles. The molecule has 8 heteroatoms. The monoisotopic (exact) mass is 552 g/mol. The molecule has 0 fully saturated rings. The Morgan fingerprint density at radius 2 is 1.59 bits per heavy atom. The summed E-state index contributed by atoms with van der Waals surface area (Å²) in [7, 11) is 0. The highest BCUT2D eigenvalue weighted by Crippen LogP contribution is 2.28. The molecule has 2 atom stereocenters. The molecule has 0 unspecified atom stereocenters. The van der Waals surface area contributed by atoms with Gasteiger partial charge in [-0.25, -0.2) is 4.79 Å². The van der Waals surface area contributed by atoms with E-state index in [0.29, 0.717) is 13.0 Å². The lowest BCUT2D eigenvalue weighted by Crippen LogP contribution is -2.56. The van der Waals surface area contributed by atoms with Crippen LogP contribution in [0.2, 0.25) is 0 Å². The number of nitrogens with zero attached hydrogens (tertiary/aromatic N) is 1. The van der Waals surface area contributed by atoms with Gasteiger partial charge in [-0.05, 0) is 56.0 Å². The first-order valence-electron chi connectivity index (χ1n) is 14.0. The van der Waals surface area contributed by atoms with Crippen LogP contribution in [-0.2, 0) is 33.6 Å². The van der Waals surface area contributed by atoms with E-state index in [1.165, 1.54) is 0 Å². The average molecular weight is 553 g/mol. The zero-order chi connectivity index (χ0) is 29.0. The summed E-state index contributed by atoms with van der Waals surface area (Å²) in [5, 5.41) is 6.71. The number of rotatable bonds is 8. The van der Waals surface area contributed by atoms with Crippen LogP contribution in [0.15, 0.2) is 85.1 Å². The van der Waals surface area contributed by atoms with Gasteiger partial charge in [0, 0.05) is 42.2 Å². The summed E-state index contributed by atoms with van der Waals surface area (Å²) in [6.45, 7) is 5.85. The highest BCUT2D eigenvalue weighted by molar-refractivity contribution is 6.01. The van der Waals surface area contributed by atoms with Gasteiger partial charge >= 0.3 is 6.09 Å². The maximum absolute atomic E-state index is 14.0. The molecule has 5 rings (SSSR count). The smallest absolute Gasteiger partial charge is 0.408 e. The molecule has 3 amide bonds. The van der Waals surface area contributed by atoms with E-state index < -0.39 is 29.7 Å². The van der Waals surface area contributed by atoms with Crippen LogP contribution in [0.25, 0.3) is 10.9 Å². The van der Waals surface area contributed by atoms with Gasteiger partial charge in [0.1, 0.15) is 17.7 Å². The third-order valence-electron chi connectivity index (χ3n) is 7.16. The minimum atomic E-state index is -0.971. The molecular formula is C33H36N4O4. The number of hydrogen-bond acceptors (Lipinski definition) is 4. The number of carbonyl (C=O) groups excluding carboxylic acids is 3. The molecule has 1 aliphatic rings. The molecule has 212 valence electrons. The summed E-state index contributed by atoms with van der Waals surface area (Å²) in [4.78, 5) is 45.7. The zero-order valence-corrected chi connectivity index (χ0v) is 23.6. The standard InChI is InChI=1S/C33H36N4O4/c1-33(2,3)41-32(40)36-27(20-24-21-34-26-15-9-8-14-25(24)26)30(38)35-28(19-22-11-5-4-6-12-22)31(39)37-18-17-23-13-7-10-16-29(23)37/h4-16,21,27-28,34H,17-20H2,1-3H3,(H,35,38)(H,36,40)/t27-,28-/m0/s1. The molecule has 4 aromatic rings. The normalized spacial score (nSPS) is 14.3. The SMILES string of the molecule is CC(C)(C)OC(=O)N[C@@H](Cc1c[nH]c2ccccc12)C(=O)N[C@@H](Cc1ccccc1)C(=O)N1CCc2ccccc21. The van der Waals surface area contributed by atoms with E-state index in [4.69, 9.17) is 4.74 Å². The van der Waals surface area contributed by atoms with Crippen molar-refractivity contribution in [2.75, 3.05) is 11.4 Å². The fourth-order valence-corrected chi connectivity index (χ4v) is 5.26. The highest BCUT2D eigenvalue weighted by Gasteiger charge is 2.34. The van der Waals surface area contributed by atoms with Crippen molar-refractivity contribution < 1.29 is 19.1 Å². The lowest BCUT2D eigenvalue weighted by Gasteiger charge is -2.28. The van der Waals surface area contributed by atoms with Crippen molar-refractivity contribution in [2.45, 2.75) is 57.7 Å². The number of hydrogen-bond donors (Lipinski definition) is 3. The lowest BCUT2D eigenvalue weighted by atomic mass is 10.0. The Kier molecular flexibility index (Phi) is 8.10. The van der Waals surface area contributed by atoms with Crippen LogP contribution >= 0.6 is 0 Å². The molecule has 2 heterocycles. The summed E-state index contributed by atoms with van der Waals surface area (Å²) in [6, 6.07) is 23.4. The minimum Gasteiger partial charge on any atom is -0.444 e. The predicted molar refractivity (Wildman–Crippen MR) is 160 cm³/mol.